The van der Waals surface area contributed by atoms with Gasteiger partial charge in [0, 0.05) is 11.5 Å². The SMILES string of the molecule is CCNC(c1c(OC)cccc1OC)C1CSCCO1. The highest BCUT2D eigenvalue weighted by Crippen LogP contribution is 2.37. The van der Waals surface area contributed by atoms with Crippen LogP contribution in [-0.2, 0) is 4.74 Å². The van der Waals surface area contributed by atoms with Crippen molar-refractivity contribution in [3.05, 3.63) is 23.8 Å². The molecule has 0 spiro atoms. The Kier molecular flexibility index (Phi) is 6.01. The number of ether oxygens (including phenoxy) is 3. The molecule has 1 aromatic carbocycles. The summed E-state index contributed by atoms with van der Waals surface area (Å²) >= 11 is 1.93. The van der Waals surface area contributed by atoms with Crippen molar-refractivity contribution in [3.63, 3.8) is 0 Å². The predicted octanol–water partition coefficient (Wildman–Crippen LogP) is 2.49. The van der Waals surface area contributed by atoms with Gasteiger partial charge < -0.3 is 19.5 Å². The maximum atomic E-state index is 5.95. The third kappa shape index (κ3) is 3.40. The fourth-order valence-electron chi connectivity index (χ4n) is 2.52. The third-order valence-corrected chi connectivity index (χ3v) is 4.43. The maximum absolute atomic E-state index is 5.95. The Morgan fingerprint density at radius 3 is 2.55 bits per heavy atom. The van der Waals surface area contributed by atoms with Crippen LogP contribution in [0.15, 0.2) is 18.2 Å². The lowest BCUT2D eigenvalue weighted by molar-refractivity contribution is 0.0459. The molecule has 4 nitrogen and oxygen atoms in total. The second-order valence-electron chi connectivity index (χ2n) is 4.60. The molecule has 1 aromatic rings. The van der Waals surface area contributed by atoms with Gasteiger partial charge in [0.25, 0.3) is 0 Å². The van der Waals surface area contributed by atoms with Gasteiger partial charge in [-0.1, -0.05) is 13.0 Å². The summed E-state index contributed by atoms with van der Waals surface area (Å²) in [4.78, 5) is 0. The second-order valence-corrected chi connectivity index (χ2v) is 5.75. The molecule has 2 unspecified atom stereocenters. The summed E-state index contributed by atoms with van der Waals surface area (Å²) in [7, 11) is 3.38. The summed E-state index contributed by atoms with van der Waals surface area (Å²) in [5.41, 5.74) is 1.05. The molecule has 1 fully saturated rings. The van der Waals surface area contributed by atoms with Gasteiger partial charge in [-0.2, -0.15) is 11.8 Å². The van der Waals surface area contributed by atoms with Crippen molar-refractivity contribution in [2.45, 2.75) is 19.1 Å². The zero-order valence-electron chi connectivity index (χ0n) is 12.3. The molecule has 1 N–H and O–H groups in total. The molecule has 0 bridgehead atoms. The number of likely N-dealkylation sites (N-methyl/N-ethyl adjacent to an activating group) is 1. The number of nitrogens with one attached hydrogen (secondary N) is 1. The average Bonchev–Trinajstić information content (AvgIpc) is 2.52. The lowest BCUT2D eigenvalue weighted by Crippen LogP contribution is -2.38. The molecule has 1 heterocycles. The van der Waals surface area contributed by atoms with E-state index >= 15 is 0 Å². The first-order valence-corrected chi connectivity index (χ1v) is 8.10. The molecule has 0 amide bonds. The lowest BCUT2D eigenvalue weighted by Gasteiger charge is -2.32. The van der Waals surface area contributed by atoms with Crippen molar-refractivity contribution < 1.29 is 14.2 Å². The van der Waals surface area contributed by atoms with E-state index in [1.807, 2.05) is 30.0 Å². The molecule has 1 aliphatic heterocycles. The Morgan fingerprint density at radius 2 is 2.05 bits per heavy atom. The minimum Gasteiger partial charge on any atom is -0.496 e. The largest absolute Gasteiger partial charge is 0.496 e. The normalized spacial score (nSPS) is 20.4. The van der Waals surface area contributed by atoms with E-state index in [0.29, 0.717) is 0 Å². The minimum absolute atomic E-state index is 0.0823. The fraction of sp³-hybridized carbons (Fsp3) is 0.600. The van der Waals surface area contributed by atoms with Gasteiger partial charge in [-0.25, -0.2) is 0 Å². The summed E-state index contributed by atoms with van der Waals surface area (Å²) in [5, 5.41) is 3.52. The van der Waals surface area contributed by atoms with Crippen molar-refractivity contribution >= 4 is 11.8 Å². The fourth-order valence-corrected chi connectivity index (χ4v) is 3.43. The van der Waals surface area contributed by atoms with E-state index in [1.165, 1.54) is 0 Å². The van der Waals surface area contributed by atoms with Gasteiger partial charge >= 0.3 is 0 Å². The van der Waals surface area contributed by atoms with Crippen LogP contribution in [0.4, 0.5) is 0 Å². The van der Waals surface area contributed by atoms with E-state index in [1.54, 1.807) is 14.2 Å². The van der Waals surface area contributed by atoms with E-state index in [9.17, 15) is 0 Å². The maximum Gasteiger partial charge on any atom is 0.127 e. The molecule has 0 aromatic heterocycles. The highest BCUT2D eigenvalue weighted by atomic mass is 32.2. The van der Waals surface area contributed by atoms with Crippen molar-refractivity contribution in [1.82, 2.24) is 5.32 Å². The molecule has 112 valence electrons. The van der Waals surface area contributed by atoms with Gasteiger partial charge in [0.15, 0.2) is 0 Å². The topological polar surface area (TPSA) is 39.7 Å². The first kappa shape index (κ1) is 15.5. The number of thioether (sulfide) groups is 1. The Morgan fingerprint density at radius 1 is 1.35 bits per heavy atom. The summed E-state index contributed by atoms with van der Waals surface area (Å²) in [5.74, 6) is 3.74. The number of benzene rings is 1. The van der Waals surface area contributed by atoms with E-state index in [4.69, 9.17) is 14.2 Å². The molecule has 2 rings (SSSR count). The van der Waals surface area contributed by atoms with Crippen LogP contribution < -0.4 is 14.8 Å². The molecule has 20 heavy (non-hydrogen) atoms. The number of hydrogen-bond acceptors (Lipinski definition) is 5. The molecular weight excluding hydrogens is 274 g/mol. The summed E-state index contributed by atoms with van der Waals surface area (Å²) < 4.78 is 17.0. The van der Waals surface area contributed by atoms with Crippen LogP contribution >= 0.6 is 11.8 Å². The molecule has 0 saturated carbocycles. The Hall–Kier alpha value is -0.910. The van der Waals surface area contributed by atoms with Crippen molar-refractivity contribution in [3.8, 4) is 11.5 Å². The van der Waals surface area contributed by atoms with E-state index in [2.05, 4.69) is 12.2 Å². The average molecular weight is 297 g/mol. The number of methoxy groups -OCH3 is 2. The smallest absolute Gasteiger partial charge is 0.127 e. The van der Waals surface area contributed by atoms with Crippen LogP contribution in [-0.4, -0.2) is 45.0 Å². The van der Waals surface area contributed by atoms with Crippen molar-refractivity contribution in [2.24, 2.45) is 0 Å². The number of hydrogen-bond donors (Lipinski definition) is 1. The first-order valence-electron chi connectivity index (χ1n) is 6.95. The minimum atomic E-state index is 0.0823. The van der Waals surface area contributed by atoms with Crippen LogP contribution in [0, 0.1) is 0 Å². The van der Waals surface area contributed by atoms with E-state index in [0.717, 1.165) is 41.7 Å². The molecule has 1 saturated heterocycles. The highest BCUT2D eigenvalue weighted by molar-refractivity contribution is 7.99. The second kappa shape index (κ2) is 7.76. The zero-order chi connectivity index (χ0) is 14.4. The van der Waals surface area contributed by atoms with Crippen LogP contribution in [0.25, 0.3) is 0 Å². The molecular formula is C15H23NO3S. The lowest BCUT2D eigenvalue weighted by atomic mass is 9.99. The predicted molar refractivity (Wildman–Crippen MR) is 83.0 cm³/mol. The summed E-state index contributed by atoms with van der Waals surface area (Å²) in [6.07, 6.45) is 0.138. The standard InChI is InChI=1S/C15H23NO3S/c1-4-16-15(13-10-20-9-8-19-13)14-11(17-2)6-5-7-12(14)18-3/h5-7,13,15-16H,4,8-10H2,1-3H3. The van der Waals surface area contributed by atoms with Crippen molar-refractivity contribution in [2.75, 3.05) is 38.9 Å². The van der Waals surface area contributed by atoms with Gasteiger partial charge in [-0.05, 0) is 18.7 Å². The molecule has 5 heteroatoms. The number of rotatable bonds is 6. The van der Waals surface area contributed by atoms with Crippen LogP contribution in [0.1, 0.15) is 18.5 Å². The highest BCUT2D eigenvalue weighted by Gasteiger charge is 2.30. The van der Waals surface area contributed by atoms with E-state index < -0.39 is 0 Å². The molecule has 0 aliphatic carbocycles. The van der Waals surface area contributed by atoms with Gasteiger partial charge in [0.1, 0.15) is 11.5 Å². The molecule has 2 atom stereocenters. The summed E-state index contributed by atoms with van der Waals surface area (Å²) in [6, 6.07) is 5.97. The van der Waals surface area contributed by atoms with Gasteiger partial charge in [-0.3, -0.25) is 0 Å². The van der Waals surface area contributed by atoms with Crippen LogP contribution in [0.2, 0.25) is 0 Å². The Bertz CT molecular complexity index is 399. The van der Waals surface area contributed by atoms with Crippen molar-refractivity contribution in [1.29, 1.82) is 0 Å². The zero-order valence-corrected chi connectivity index (χ0v) is 13.2. The Balaban J connectivity index is 2.36. The molecule has 0 radical (unpaired) electrons. The quantitative estimate of drug-likeness (QED) is 0.873. The van der Waals surface area contributed by atoms with Gasteiger partial charge in [-0.15, -0.1) is 0 Å². The molecule has 1 aliphatic rings. The third-order valence-electron chi connectivity index (χ3n) is 3.41. The van der Waals surface area contributed by atoms with Crippen LogP contribution in [0.3, 0.4) is 0 Å². The summed E-state index contributed by atoms with van der Waals surface area (Å²) in [6.45, 7) is 3.77. The van der Waals surface area contributed by atoms with Crippen LogP contribution in [0.5, 0.6) is 11.5 Å². The monoisotopic (exact) mass is 297 g/mol. The first-order chi connectivity index (χ1) is 9.81. The van der Waals surface area contributed by atoms with Gasteiger partial charge in [0.2, 0.25) is 0 Å². The Labute approximate surface area is 125 Å². The van der Waals surface area contributed by atoms with Gasteiger partial charge in [0.05, 0.1) is 38.5 Å². The van der Waals surface area contributed by atoms with E-state index in [-0.39, 0.29) is 12.1 Å².